The SMILES string of the molecule is c1ccc(-c2ccc3c(c2)oc2c4oc5cc(-c6ccccc6)ccc5c4c4ccccc4c32)cc1. The molecule has 0 amide bonds. The van der Waals surface area contributed by atoms with Crippen molar-refractivity contribution in [2.45, 2.75) is 0 Å². The second kappa shape index (κ2) is 7.34. The maximum atomic E-state index is 6.59. The van der Waals surface area contributed by atoms with Gasteiger partial charge in [0, 0.05) is 21.5 Å². The van der Waals surface area contributed by atoms with Crippen LogP contribution in [0.1, 0.15) is 0 Å². The minimum atomic E-state index is 0.807. The number of benzene rings is 6. The van der Waals surface area contributed by atoms with Crippen molar-refractivity contribution < 1.29 is 8.83 Å². The minimum Gasteiger partial charge on any atom is -0.452 e. The van der Waals surface area contributed by atoms with Crippen LogP contribution < -0.4 is 0 Å². The molecule has 0 spiro atoms. The predicted molar refractivity (Wildman–Crippen MR) is 149 cm³/mol. The standard InChI is InChI=1S/C34H20O2/c1-3-9-21(10-4-1)23-15-17-27-29(19-23)35-33-31(27)25-13-7-8-14-26(25)32-28-18-16-24(20-30(28)36-34(32)33)22-11-5-2-6-12-22/h1-20H. The lowest BCUT2D eigenvalue weighted by atomic mass is 9.97. The number of hydrogen-bond acceptors (Lipinski definition) is 2. The van der Waals surface area contributed by atoms with Gasteiger partial charge in [0.05, 0.1) is 0 Å². The first-order valence-electron chi connectivity index (χ1n) is 12.2. The molecule has 8 rings (SSSR count). The molecule has 0 radical (unpaired) electrons. The van der Waals surface area contributed by atoms with Crippen molar-refractivity contribution in [3.63, 3.8) is 0 Å². The van der Waals surface area contributed by atoms with Gasteiger partial charge in [-0.1, -0.05) is 97.1 Å². The Morgan fingerprint density at radius 2 is 0.750 bits per heavy atom. The highest BCUT2D eigenvalue weighted by Crippen LogP contribution is 2.45. The Kier molecular flexibility index (Phi) is 3.97. The third-order valence-corrected chi connectivity index (χ3v) is 7.27. The molecule has 0 aliphatic rings. The van der Waals surface area contributed by atoms with Gasteiger partial charge in [0.1, 0.15) is 11.2 Å². The van der Waals surface area contributed by atoms with Crippen molar-refractivity contribution in [3.05, 3.63) is 121 Å². The van der Waals surface area contributed by atoms with Crippen molar-refractivity contribution in [2.75, 3.05) is 0 Å². The zero-order valence-corrected chi connectivity index (χ0v) is 19.4. The van der Waals surface area contributed by atoms with Crippen LogP contribution in [0, 0.1) is 0 Å². The molecule has 0 fully saturated rings. The molecule has 0 aliphatic heterocycles. The summed E-state index contributed by atoms with van der Waals surface area (Å²) in [5.74, 6) is 0. The van der Waals surface area contributed by atoms with Crippen LogP contribution >= 0.6 is 0 Å². The van der Waals surface area contributed by atoms with Gasteiger partial charge < -0.3 is 8.83 Å². The molecule has 2 aromatic heterocycles. The first-order valence-corrected chi connectivity index (χ1v) is 12.2. The summed E-state index contributed by atoms with van der Waals surface area (Å²) in [6, 6.07) is 42.4. The van der Waals surface area contributed by atoms with E-state index in [1.165, 1.54) is 21.9 Å². The second-order valence-corrected chi connectivity index (χ2v) is 9.31. The van der Waals surface area contributed by atoms with Crippen LogP contribution in [0.5, 0.6) is 0 Å². The number of hydrogen-bond donors (Lipinski definition) is 0. The Morgan fingerprint density at radius 3 is 1.19 bits per heavy atom. The van der Waals surface area contributed by atoms with Gasteiger partial charge in [-0.15, -0.1) is 0 Å². The fourth-order valence-electron chi connectivity index (χ4n) is 5.59. The van der Waals surface area contributed by atoms with Gasteiger partial charge in [0.25, 0.3) is 0 Å². The van der Waals surface area contributed by atoms with Crippen LogP contribution in [0.15, 0.2) is 130 Å². The van der Waals surface area contributed by atoms with E-state index in [-0.39, 0.29) is 0 Å². The van der Waals surface area contributed by atoms with Crippen LogP contribution in [0.25, 0.3) is 76.9 Å². The van der Waals surface area contributed by atoms with E-state index >= 15 is 0 Å². The van der Waals surface area contributed by atoms with E-state index in [9.17, 15) is 0 Å². The van der Waals surface area contributed by atoms with E-state index < -0.39 is 0 Å². The van der Waals surface area contributed by atoms with Crippen molar-refractivity contribution in [1.82, 2.24) is 0 Å². The molecule has 2 heterocycles. The average molecular weight is 461 g/mol. The highest BCUT2D eigenvalue weighted by atomic mass is 16.4. The van der Waals surface area contributed by atoms with Crippen molar-refractivity contribution >= 4 is 54.6 Å². The normalized spacial score (nSPS) is 11.9. The Labute approximate surface area is 207 Å². The summed E-state index contributed by atoms with van der Waals surface area (Å²) in [5.41, 5.74) is 7.98. The molecule has 2 heteroatoms. The van der Waals surface area contributed by atoms with Gasteiger partial charge in [0.2, 0.25) is 0 Å². The average Bonchev–Trinajstić information content (AvgIpc) is 3.52. The zero-order valence-electron chi connectivity index (χ0n) is 19.4. The van der Waals surface area contributed by atoms with Crippen molar-refractivity contribution in [3.8, 4) is 22.3 Å². The Morgan fingerprint density at radius 1 is 0.333 bits per heavy atom. The number of furan rings is 2. The summed E-state index contributed by atoms with van der Waals surface area (Å²) in [6.45, 7) is 0. The summed E-state index contributed by atoms with van der Waals surface area (Å²) in [7, 11) is 0. The van der Waals surface area contributed by atoms with E-state index in [2.05, 4.69) is 109 Å². The highest BCUT2D eigenvalue weighted by molar-refractivity contribution is 6.33. The molecule has 0 bridgehead atoms. The van der Waals surface area contributed by atoms with Crippen molar-refractivity contribution in [2.24, 2.45) is 0 Å². The van der Waals surface area contributed by atoms with E-state index in [1.54, 1.807) is 0 Å². The Bertz CT molecular complexity index is 1930. The summed E-state index contributed by atoms with van der Waals surface area (Å²) in [6.07, 6.45) is 0. The summed E-state index contributed by atoms with van der Waals surface area (Å²) in [5, 5.41) is 6.79. The van der Waals surface area contributed by atoms with Crippen LogP contribution in [0.4, 0.5) is 0 Å². The van der Waals surface area contributed by atoms with Gasteiger partial charge >= 0.3 is 0 Å². The number of fused-ring (bicyclic) bond motifs is 10. The predicted octanol–water partition coefficient (Wildman–Crippen LogP) is 9.97. The molecule has 0 N–H and O–H groups in total. The first-order chi connectivity index (χ1) is 17.8. The topological polar surface area (TPSA) is 26.3 Å². The molecule has 0 saturated heterocycles. The molecule has 0 aliphatic carbocycles. The quantitative estimate of drug-likeness (QED) is 0.256. The smallest absolute Gasteiger partial charge is 0.179 e. The molecule has 2 nitrogen and oxygen atoms in total. The maximum Gasteiger partial charge on any atom is 0.179 e. The van der Waals surface area contributed by atoms with E-state index in [4.69, 9.17) is 8.83 Å². The minimum absolute atomic E-state index is 0.807. The molecular weight excluding hydrogens is 440 g/mol. The molecule has 36 heavy (non-hydrogen) atoms. The van der Waals surface area contributed by atoms with Crippen LogP contribution in [0.3, 0.4) is 0 Å². The summed E-state index contributed by atoms with van der Waals surface area (Å²) < 4.78 is 13.2. The van der Waals surface area contributed by atoms with E-state index in [1.807, 2.05) is 12.1 Å². The van der Waals surface area contributed by atoms with E-state index in [0.29, 0.717) is 0 Å². The third kappa shape index (κ3) is 2.73. The second-order valence-electron chi connectivity index (χ2n) is 9.31. The summed E-state index contributed by atoms with van der Waals surface area (Å²) in [4.78, 5) is 0. The van der Waals surface area contributed by atoms with Crippen LogP contribution in [-0.2, 0) is 0 Å². The van der Waals surface area contributed by atoms with Gasteiger partial charge in [-0.2, -0.15) is 0 Å². The molecule has 0 atom stereocenters. The highest BCUT2D eigenvalue weighted by Gasteiger charge is 2.21. The molecule has 6 aromatic carbocycles. The van der Waals surface area contributed by atoms with Gasteiger partial charge in [-0.25, -0.2) is 0 Å². The fourth-order valence-corrected chi connectivity index (χ4v) is 5.59. The largest absolute Gasteiger partial charge is 0.452 e. The van der Waals surface area contributed by atoms with Gasteiger partial charge in [0.15, 0.2) is 11.2 Å². The Balaban J connectivity index is 1.48. The molecule has 8 aromatic rings. The van der Waals surface area contributed by atoms with Crippen LogP contribution in [0.2, 0.25) is 0 Å². The molecule has 168 valence electrons. The van der Waals surface area contributed by atoms with Gasteiger partial charge in [-0.3, -0.25) is 0 Å². The van der Waals surface area contributed by atoms with Gasteiger partial charge in [-0.05, 0) is 57.3 Å². The number of rotatable bonds is 2. The first kappa shape index (κ1) is 19.5. The van der Waals surface area contributed by atoms with Crippen LogP contribution in [-0.4, -0.2) is 0 Å². The lowest BCUT2D eigenvalue weighted by Gasteiger charge is -2.03. The van der Waals surface area contributed by atoms with Crippen molar-refractivity contribution in [1.29, 1.82) is 0 Å². The third-order valence-electron chi connectivity index (χ3n) is 7.27. The molecule has 0 unspecified atom stereocenters. The molecule has 0 saturated carbocycles. The maximum absolute atomic E-state index is 6.59. The fraction of sp³-hybridized carbons (Fsp3) is 0. The zero-order chi connectivity index (χ0) is 23.6. The van der Waals surface area contributed by atoms with E-state index in [0.717, 1.165) is 55.0 Å². The monoisotopic (exact) mass is 460 g/mol. The lowest BCUT2D eigenvalue weighted by molar-refractivity contribution is 0.634. The molecular formula is C34H20O2. The summed E-state index contributed by atoms with van der Waals surface area (Å²) >= 11 is 0. The lowest BCUT2D eigenvalue weighted by Crippen LogP contribution is -1.79. The Hall–Kier alpha value is -4.82.